The van der Waals surface area contributed by atoms with E-state index in [4.69, 9.17) is 19.2 Å². The predicted octanol–water partition coefficient (Wildman–Crippen LogP) is 3.53. The Kier molecular flexibility index (Phi) is 4.27. The van der Waals surface area contributed by atoms with Crippen molar-refractivity contribution in [1.29, 1.82) is 0 Å². The van der Waals surface area contributed by atoms with Crippen molar-refractivity contribution in [2.75, 3.05) is 21.3 Å². The van der Waals surface area contributed by atoms with E-state index in [0.717, 1.165) is 45.9 Å². The maximum absolute atomic E-state index is 5.44. The zero-order valence-electron chi connectivity index (χ0n) is 15.7. The van der Waals surface area contributed by atoms with Crippen LogP contribution in [0.1, 0.15) is 12.7 Å². The molecule has 0 saturated heterocycles. The number of ether oxygens (including phenoxy) is 3. The summed E-state index contributed by atoms with van der Waals surface area (Å²) in [7, 11) is 4.87. The molecule has 7 heteroatoms. The Morgan fingerprint density at radius 3 is 2.22 bits per heavy atom. The lowest BCUT2D eigenvalue weighted by Crippen LogP contribution is -2.03. The van der Waals surface area contributed by atoms with Crippen LogP contribution in [0.3, 0.4) is 0 Å². The van der Waals surface area contributed by atoms with Crippen molar-refractivity contribution >= 4 is 16.6 Å². The third-order valence-electron chi connectivity index (χ3n) is 4.58. The molecule has 2 heterocycles. The molecule has 0 atom stereocenters. The number of aromatic nitrogens is 4. The lowest BCUT2D eigenvalue weighted by Gasteiger charge is -2.12. The summed E-state index contributed by atoms with van der Waals surface area (Å²) in [5.74, 6) is 3.68. The molecule has 7 nitrogen and oxygen atoms in total. The Balaban J connectivity index is 2.01. The van der Waals surface area contributed by atoms with Gasteiger partial charge in [0.15, 0.2) is 23.0 Å². The summed E-state index contributed by atoms with van der Waals surface area (Å²) in [6.07, 6.45) is 0.738. The van der Waals surface area contributed by atoms with Crippen LogP contribution >= 0.6 is 0 Å². The molecule has 0 unspecified atom stereocenters. The molecule has 4 rings (SSSR count). The first-order valence-corrected chi connectivity index (χ1v) is 8.64. The van der Waals surface area contributed by atoms with Crippen LogP contribution in [0.2, 0.25) is 0 Å². The van der Waals surface area contributed by atoms with Gasteiger partial charge in [-0.2, -0.15) is 0 Å². The summed E-state index contributed by atoms with van der Waals surface area (Å²) in [5, 5.41) is 9.75. The molecule has 0 aliphatic carbocycles. The molecule has 0 N–H and O–H groups in total. The van der Waals surface area contributed by atoms with Gasteiger partial charge in [0.2, 0.25) is 0 Å². The predicted molar refractivity (Wildman–Crippen MR) is 103 cm³/mol. The molecule has 0 aliphatic rings. The molecule has 0 saturated carbocycles. The molecule has 0 bridgehead atoms. The molecule has 2 aromatic heterocycles. The molecule has 2 aromatic carbocycles. The summed E-state index contributed by atoms with van der Waals surface area (Å²) in [6.45, 7) is 2.06. The van der Waals surface area contributed by atoms with Crippen LogP contribution in [-0.4, -0.2) is 40.9 Å². The number of methoxy groups -OCH3 is 3. The van der Waals surface area contributed by atoms with Gasteiger partial charge >= 0.3 is 0 Å². The maximum atomic E-state index is 5.44. The van der Waals surface area contributed by atoms with Gasteiger partial charge in [-0.05, 0) is 30.3 Å². The third kappa shape index (κ3) is 2.71. The van der Waals surface area contributed by atoms with Gasteiger partial charge in [0.05, 0.1) is 26.8 Å². The van der Waals surface area contributed by atoms with Gasteiger partial charge in [-0.1, -0.05) is 6.92 Å². The van der Waals surface area contributed by atoms with Gasteiger partial charge in [0.1, 0.15) is 11.6 Å². The minimum atomic E-state index is 0.631. The summed E-state index contributed by atoms with van der Waals surface area (Å²) in [5.41, 5.74) is 2.48. The third-order valence-corrected chi connectivity index (χ3v) is 4.58. The Labute approximate surface area is 156 Å². The monoisotopic (exact) mass is 364 g/mol. The molecular weight excluding hydrogens is 344 g/mol. The Bertz CT molecular complexity index is 1120. The van der Waals surface area contributed by atoms with Gasteiger partial charge < -0.3 is 14.2 Å². The molecule has 0 amide bonds. The van der Waals surface area contributed by atoms with E-state index in [1.807, 2.05) is 40.8 Å². The Morgan fingerprint density at radius 1 is 0.889 bits per heavy atom. The minimum absolute atomic E-state index is 0.631. The van der Waals surface area contributed by atoms with Gasteiger partial charge in [0, 0.05) is 23.4 Å². The number of fused-ring (bicyclic) bond motifs is 3. The van der Waals surface area contributed by atoms with Crippen LogP contribution in [0.5, 0.6) is 17.2 Å². The fourth-order valence-corrected chi connectivity index (χ4v) is 3.20. The average Bonchev–Trinajstić information content (AvgIpc) is 3.17. The second-order valence-electron chi connectivity index (χ2n) is 6.02. The largest absolute Gasteiger partial charge is 0.497 e. The van der Waals surface area contributed by atoms with Gasteiger partial charge in [-0.3, -0.25) is 4.40 Å². The summed E-state index contributed by atoms with van der Waals surface area (Å²) >= 11 is 0. The number of benzene rings is 2. The van der Waals surface area contributed by atoms with Crippen molar-refractivity contribution < 1.29 is 14.2 Å². The number of hydrogen-bond donors (Lipinski definition) is 0. The Morgan fingerprint density at radius 2 is 1.59 bits per heavy atom. The van der Waals surface area contributed by atoms with Crippen molar-refractivity contribution in [3.05, 3.63) is 42.2 Å². The first-order chi connectivity index (χ1) is 13.2. The molecule has 4 aromatic rings. The first-order valence-electron chi connectivity index (χ1n) is 8.64. The first kappa shape index (κ1) is 17.1. The second kappa shape index (κ2) is 6.75. The zero-order valence-corrected chi connectivity index (χ0v) is 15.7. The number of hydrogen-bond acceptors (Lipinski definition) is 6. The van der Waals surface area contributed by atoms with E-state index >= 15 is 0 Å². The van der Waals surface area contributed by atoms with E-state index in [2.05, 4.69) is 17.1 Å². The molecule has 0 radical (unpaired) electrons. The highest BCUT2D eigenvalue weighted by atomic mass is 16.5. The topological polar surface area (TPSA) is 70.8 Å². The fourth-order valence-electron chi connectivity index (χ4n) is 3.20. The van der Waals surface area contributed by atoms with Gasteiger partial charge in [-0.15, -0.1) is 10.2 Å². The molecular formula is C20H20N4O3. The van der Waals surface area contributed by atoms with Crippen molar-refractivity contribution in [2.24, 2.45) is 0 Å². The molecule has 0 spiro atoms. The highest BCUT2D eigenvalue weighted by molar-refractivity contribution is 5.94. The SMILES string of the molecule is CCc1nc2cc(OC)c(OC)cc2c2nnc(-c3ccc(OC)cc3)n12. The van der Waals surface area contributed by atoms with E-state index < -0.39 is 0 Å². The molecule has 0 fully saturated rings. The second-order valence-corrected chi connectivity index (χ2v) is 6.02. The molecule has 0 aliphatic heterocycles. The smallest absolute Gasteiger partial charge is 0.172 e. The molecule has 27 heavy (non-hydrogen) atoms. The lowest BCUT2D eigenvalue weighted by molar-refractivity contribution is 0.356. The lowest BCUT2D eigenvalue weighted by atomic mass is 10.2. The summed E-state index contributed by atoms with van der Waals surface area (Å²) in [4.78, 5) is 4.82. The van der Waals surface area contributed by atoms with Crippen LogP contribution in [0, 0.1) is 0 Å². The van der Waals surface area contributed by atoms with Crippen molar-refractivity contribution in [3.8, 4) is 28.6 Å². The van der Waals surface area contributed by atoms with E-state index in [0.29, 0.717) is 11.5 Å². The average molecular weight is 364 g/mol. The van der Waals surface area contributed by atoms with Crippen LogP contribution in [0.15, 0.2) is 36.4 Å². The Hall–Kier alpha value is -3.35. The quantitative estimate of drug-likeness (QED) is 0.539. The van der Waals surface area contributed by atoms with Crippen molar-refractivity contribution in [1.82, 2.24) is 19.6 Å². The van der Waals surface area contributed by atoms with E-state index in [-0.39, 0.29) is 0 Å². The van der Waals surface area contributed by atoms with Crippen LogP contribution < -0.4 is 14.2 Å². The normalized spacial score (nSPS) is 11.1. The summed E-state index contributed by atoms with van der Waals surface area (Å²) < 4.78 is 18.1. The van der Waals surface area contributed by atoms with Gasteiger partial charge in [-0.25, -0.2) is 4.98 Å². The molecule has 138 valence electrons. The summed E-state index contributed by atoms with van der Waals surface area (Å²) in [6, 6.07) is 11.5. The highest BCUT2D eigenvalue weighted by Gasteiger charge is 2.18. The van der Waals surface area contributed by atoms with Gasteiger partial charge in [0.25, 0.3) is 0 Å². The number of nitrogens with zero attached hydrogens (tertiary/aromatic N) is 4. The van der Waals surface area contributed by atoms with E-state index in [9.17, 15) is 0 Å². The number of rotatable bonds is 5. The zero-order chi connectivity index (χ0) is 19.0. The number of aryl methyl sites for hydroxylation is 1. The van der Waals surface area contributed by atoms with Crippen LogP contribution in [0.4, 0.5) is 0 Å². The van der Waals surface area contributed by atoms with Crippen molar-refractivity contribution in [2.45, 2.75) is 13.3 Å². The minimum Gasteiger partial charge on any atom is -0.497 e. The van der Waals surface area contributed by atoms with E-state index in [1.165, 1.54) is 0 Å². The van der Waals surface area contributed by atoms with Crippen LogP contribution in [-0.2, 0) is 6.42 Å². The highest BCUT2D eigenvalue weighted by Crippen LogP contribution is 2.34. The maximum Gasteiger partial charge on any atom is 0.172 e. The van der Waals surface area contributed by atoms with Crippen LogP contribution in [0.25, 0.3) is 27.9 Å². The van der Waals surface area contributed by atoms with E-state index in [1.54, 1.807) is 21.3 Å². The van der Waals surface area contributed by atoms with Crippen molar-refractivity contribution in [3.63, 3.8) is 0 Å². The standard InChI is InChI=1S/C20H20N4O3/c1-5-18-21-15-11-17(27-4)16(26-3)10-14(15)20-23-22-19(24(18)20)12-6-8-13(25-2)9-7-12/h6-11H,5H2,1-4H3. The fraction of sp³-hybridized carbons (Fsp3) is 0.250.